The maximum atomic E-state index is 13.0. The Morgan fingerprint density at radius 1 is 0.879 bits per heavy atom. The molecule has 2 amide bonds. The first-order valence-electron chi connectivity index (χ1n) is 10.3. The van der Waals surface area contributed by atoms with E-state index in [1.807, 2.05) is 66.9 Å². The van der Waals surface area contributed by atoms with E-state index in [-0.39, 0.29) is 23.4 Å². The van der Waals surface area contributed by atoms with Crippen molar-refractivity contribution < 1.29 is 14.7 Å². The molecule has 6 nitrogen and oxygen atoms in total. The lowest BCUT2D eigenvalue weighted by Gasteiger charge is -2.12. The molecule has 1 aromatic heterocycles. The molecule has 0 bridgehead atoms. The highest BCUT2D eigenvalue weighted by Crippen LogP contribution is 2.35. The van der Waals surface area contributed by atoms with E-state index in [0.717, 1.165) is 28.6 Å². The van der Waals surface area contributed by atoms with Crippen molar-refractivity contribution in [2.24, 2.45) is 0 Å². The smallest absolute Gasteiger partial charge is 0.293 e. The van der Waals surface area contributed by atoms with Crippen molar-refractivity contribution in [1.29, 1.82) is 0 Å². The van der Waals surface area contributed by atoms with Gasteiger partial charge in [-0.2, -0.15) is 5.10 Å². The van der Waals surface area contributed by atoms with Gasteiger partial charge in [0.05, 0.1) is 22.8 Å². The Morgan fingerprint density at radius 2 is 1.55 bits per heavy atom. The zero-order chi connectivity index (χ0) is 22.8. The molecule has 0 aliphatic carbocycles. The number of phenols is 1. The average Bonchev–Trinajstić information content (AvgIpc) is 3.37. The molecular formula is C26H19N3O3S. The van der Waals surface area contributed by atoms with Gasteiger partial charge in [-0.05, 0) is 59.8 Å². The van der Waals surface area contributed by atoms with Crippen molar-refractivity contribution in [3.8, 4) is 22.7 Å². The van der Waals surface area contributed by atoms with Crippen LogP contribution >= 0.6 is 11.8 Å². The van der Waals surface area contributed by atoms with E-state index in [0.29, 0.717) is 16.2 Å². The van der Waals surface area contributed by atoms with Crippen LogP contribution in [0.1, 0.15) is 11.1 Å². The predicted molar refractivity (Wildman–Crippen MR) is 129 cm³/mol. The highest BCUT2D eigenvalue weighted by Gasteiger charge is 2.35. The van der Waals surface area contributed by atoms with Crippen LogP contribution in [0.4, 0.5) is 4.79 Å². The number of thioether (sulfide) groups is 1. The Labute approximate surface area is 194 Å². The lowest BCUT2D eigenvalue weighted by atomic mass is 10.1. The fourth-order valence-electron chi connectivity index (χ4n) is 3.59. The van der Waals surface area contributed by atoms with Gasteiger partial charge in [-0.1, -0.05) is 48.5 Å². The van der Waals surface area contributed by atoms with Crippen LogP contribution in [0, 0.1) is 0 Å². The normalized spacial score (nSPS) is 14.9. The van der Waals surface area contributed by atoms with Crippen LogP contribution in [0.2, 0.25) is 0 Å². The minimum Gasteiger partial charge on any atom is -0.508 e. The number of aromatic hydroxyl groups is 1. The Bertz CT molecular complexity index is 1350. The Kier molecular flexibility index (Phi) is 5.54. The van der Waals surface area contributed by atoms with Crippen LogP contribution in [0.3, 0.4) is 0 Å². The van der Waals surface area contributed by atoms with Crippen LogP contribution in [-0.2, 0) is 11.3 Å². The number of imide groups is 1. The summed E-state index contributed by atoms with van der Waals surface area (Å²) in [7, 11) is 0. The number of phenolic OH excluding ortho intramolecular Hbond substituents is 1. The molecule has 1 saturated heterocycles. The maximum absolute atomic E-state index is 13.0. The van der Waals surface area contributed by atoms with Crippen molar-refractivity contribution >= 4 is 29.0 Å². The van der Waals surface area contributed by atoms with Crippen molar-refractivity contribution in [3.63, 3.8) is 0 Å². The molecule has 0 saturated carbocycles. The first-order chi connectivity index (χ1) is 16.1. The molecule has 1 N–H and O–H groups in total. The molecule has 5 rings (SSSR count). The minimum absolute atomic E-state index is 0.157. The fourth-order valence-corrected chi connectivity index (χ4v) is 4.42. The van der Waals surface area contributed by atoms with Crippen LogP contribution in [0.15, 0.2) is 96.0 Å². The van der Waals surface area contributed by atoms with Gasteiger partial charge < -0.3 is 5.11 Å². The van der Waals surface area contributed by atoms with Crippen LogP contribution < -0.4 is 0 Å². The molecular weight excluding hydrogens is 434 g/mol. The summed E-state index contributed by atoms with van der Waals surface area (Å²) in [4.78, 5) is 27.2. The van der Waals surface area contributed by atoms with E-state index in [4.69, 9.17) is 5.10 Å². The van der Waals surface area contributed by atoms with Gasteiger partial charge in [-0.15, -0.1) is 0 Å². The summed E-state index contributed by atoms with van der Waals surface area (Å²) in [5, 5.41) is 14.1. The van der Waals surface area contributed by atoms with E-state index in [1.165, 1.54) is 4.90 Å². The molecule has 3 aromatic carbocycles. The number of hydrogen-bond acceptors (Lipinski definition) is 5. The summed E-state index contributed by atoms with van der Waals surface area (Å²) >= 11 is 0.929. The fraction of sp³-hybridized carbons (Fsp3) is 0.0385. The summed E-state index contributed by atoms with van der Waals surface area (Å²) in [6.07, 6.45) is 3.55. The second-order valence-electron chi connectivity index (χ2n) is 7.51. The first kappa shape index (κ1) is 20.8. The van der Waals surface area contributed by atoms with Gasteiger partial charge in [-0.3, -0.25) is 14.5 Å². The third kappa shape index (κ3) is 4.31. The van der Waals surface area contributed by atoms with Gasteiger partial charge >= 0.3 is 0 Å². The Hall–Kier alpha value is -4.10. The topological polar surface area (TPSA) is 75.4 Å². The number of rotatable bonds is 5. The summed E-state index contributed by atoms with van der Waals surface area (Å²) in [5.41, 5.74) is 3.90. The molecule has 0 atom stereocenters. The molecule has 0 spiro atoms. The van der Waals surface area contributed by atoms with Crippen LogP contribution in [0.25, 0.3) is 23.0 Å². The first-order valence-corrected chi connectivity index (χ1v) is 11.1. The number of nitrogens with zero attached hydrogens (tertiary/aromatic N) is 3. The van der Waals surface area contributed by atoms with E-state index in [2.05, 4.69) is 0 Å². The lowest BCUT2D eigenvalue weighted by molar-refractivity contribution is -0.123. The Balaban J connectivity index is 1.53. The standard InChI is InChI=1S/C26H19N3O3S/c30-22-13-11-19(12-14-22)24-20(17-29(27-24)21-9-5-2-6-10-21)15-23-25(31)28(26(32)33-23)16-18-7-3-1-4-8-18/h1-15,17,30H,16H2/b23-15-. The molecule has 2 heterocycles. The quantitative estimate of drug-likeness (QED) is 0.405. The highest BCUT2D eigenvalue weighted by molar-refractivity contribution is 8.18. The highest BCUT2D eigenvalue weighted by atomic mass is 32.2. The molecule has 33 heavy (non-hydrogen) atoms. The van der Waals surface area contributed by atoms with Gasteiger partial charge in [0.15, 0.2) is 0 Å². The van der Waals surface area contributed by atoms with Gasteiger partial charge in [0, 0.05) is 17.3 Å². The summed E-state index contributed by atoms with van der Waals surface area (Å²) in [6, 6.07) is 25.8. The summed E-state index contributed by atoms with van der Waals surface area (Å²) < 4.78 is 1.74. The second-order valence-corrected chi connectivity index (χ2v) is 8.51. The monoisotopic (exact) mass is 453 g/mol. The zero-order valence-electron chi connectivity index (χ0n) is 17.5. The molecule has 1 aliphatic rings. The lowest BCUT2D eigenvalue weighted by Crippen LogP contribution is -2.27. The van der Waals surface area contributed by atoms with Crippen molar-refractivity contribution in [2.75, 3.05) is 0 Å². The third-order valence-corrected chi connectivity index (χ3v) is 6.16. The predicted octanol–water partition coefficient (Wildman–Crippen LogP) is 5.48. The van der Waals surface area contributed by atoms with Crippen molar-refractivity contribution in [2.45, 2.75) is 6.54 Å². The van der Waals surface area contributed by atoms with Gasteiger partial charge in [-0.25, -0.2) is 4.68 Å². The Morgan fingerprint density at radius 3 is 2.24 bits per heavy atom. The van der Waals surface area contributed by atoms with E-state index in [9.17, 15) is 14.7 Å². The second kappa shape index (κ2) is 8.80. The maximum Gasteiger partial charge on any atom is 0.293 e. The molecule has 1 aliphatic heterocycles. The van der Waals surface area contributed by atoms with Crippen LogP contribution in [-0.4, -0.2) is 30.9 Å². The number of aromatic nitrogens is 2. The number of para-hydroxylation sites is 1. The number of carbonyl (C=O) groups is 2. The largest absolute Gasteiger partial charge is 0.508 e. The van der Waals surface area contributed by atoms with E-state index >= 15 is 0 Å². The zero-order valence-corrected chi connectivity index (χ0v) is 18.3. The molecule has 0 radical (unpaired) electrons. The molecule has 7 heteroatoms. The molecule has 162 valence electrons. The van der Waals surface area contributed by atoms with E-state index in [1.54, 1.807) is 35.0 Å². The average molecular weight is 454 g/mol. The van der Waals surface area contributed by atoms with Gasteiger partial charge in [0.1, 0.15) is 5.75 Å². The molecule has 1 fully saturated rings. The third-order valence-electron chi connectivity index (χ3n) is 5.25. The number of carbonyl (C=O) groups excluding carboxylic acids is 2. The van der Waals surface area contributed by atoms with Crippen molar-refractivity contribution in [1.82, 2.24) is 14.7 Å². The summed E-state index contributed by atoms with van der Waals surface area (Å²) in [6.45, 7) is 0.233. The number of amides is 2. The summed E-state index contributed by atoms with van der Waals surface area (Å²) in [5.74, 6) is -0.164. The van der Waals surface area contributed by atoms with E-state index < -0.39 is 0 Å². The molecule has 4 aromatic rings. The van der Waals surface area contributed by atoms with Gasteiger partial charge in [0.2, 0.25) is 0 Å². The number of hydrogen-bond donors (Lipinski definition) is 1. The van der Waals surface area contributed by atoms with Crippen molar-refractivity contribution in [3.05, 3.63) is 107 Å². The van der Waals surface area contributed by atoms with Crippen LogP contribution in [0.5, 0.6) is 5.75 Å². The van der Waals surface area contributed by atoms with Gasteiger partial charge in [0.25, 0.3) is 11.1 Å². The number of benzene rings is 3. The SMILES string of the molecule is O=C1S/C(=C\c2cn(-c3ccccc3)nc2-c2ccc(O)cc2)C(=O)N1Cc1ccccc1. The molecule has 0 unspecified atom stereocenters. The minimum atomic E-state index is -0.321.